The van der Waals surface area contributed by atoms with Crippen LogP contribution in [-0.4, -0.2) is 368 Å². The summed E-state index contributed by atoms with van der Waals surface area (Å²) in [5, 5.41) is 77.1. The van der Waals surface area contributed by atoms with Gasteiger partial charge in [-0.05, 0) is 136 Å². The minimum Gasteiger partial charge on any atom is -0.508 e. The van der Waals surface area contributed by atoms with Gasteiger partial charge in [-0.1, -0.05) is 58.0 Å². The summed E-state index contributed by atoms with van der Waals surface area (Å²) in [4.78, 5) is 313. The number of para-hydroxylation sites is 1. The lowest BCUT2D eigenvalue weighted by molar-refractivity contribution is -0.140. The van der Waals surface area contributed by atoms with Gasteiger partial charge in [0.05, 0.1) is 64.3 Å². The number of unbranched alkanes of at least 4 members (excludes halogenated alkanes) is 1. The maximum absolute atomic E-state index is 14.8. The molecule has 2 aromatic heterocycles. The molecule has 19 amide bonds. The maximum Gasteiger partial charge on any atom is 0.317 e. The highest BCUT2D eigenvalue weighted by Crippen LogP contribution is 2.22. The summed E-state index contributed by atoms with van der Waals surface area (Å²) in [7, 11) is 0. The Morgan fingerprint density at radius 3 is 1.41 bits per heavy atom. The van der Waals surface area contributed by atoms with E-state index in [1.807, 2.05) is 6.26 Å². The zero-order valence-electron chi connectivity index (χ0n) is 83.2. The fourth-order valence-corrected chi connectivity index (χ4v) is 15.9. The number of phenolic OH excluding ortho intramolecular Hbond substituents is 1. The number of hydrogen-bond donors (Lipinski definition) is 26. The van der Waals surface area contributed by atoms with Crippen LogP contribution in [0.1, 0.15) is 126 Å². The summed E-state index contributed by atoms with van der Waals surface area (Å²) in [5.74, 6) is -22.1. The molecule has 0 saturated carbocycles. The number of nitrogens with two attached hydrogens (primary N) is 5. The van der Waals surface area contributed by atoms with Gasteiger partial charge < -0.3 is 139 Å². The van der Waals surface area contributed by atoms with Gasteiger partial charge in [0.1, 0.15) is 72.2 Å². The molecule has 0 aliphatic carbocycles. The van der Waals surface area contributed by atoms with Crippen molar-refractivity contribution in [2.75, 3.05) is 122 Å². The van der Waals surface area contributed by atoms with Crippen molar-refractivity contribution in [1.29, 1.82) is 0 Å². The second-order valence-corrected chi connectivity index (χ2v) is 37.2. The number of nitrogens with one attached hydrogen (secondary N) is 17. The van der Waals surface area contributed by atoms with Crippen LogP contribution in [0.4, 0.5) is 5.69 Å². The monoisotopic (exact) mass is 2090 g/mol. The quantitative estimate of drug-likeness (QED) is 0.0161. The third kappa shape index (κ3) is 44.7. The zero-order valence-corrected chi connectivity index (χ0v) is 84.0. The van der Waals surface area contributed by atoms with Crippen LogP contribution in [0.25, 0.3) is 10.9 Å². The number of aromatic amines is 2. The number of imidazole rings is 1. The number of nitrogens with zero attached hydrogens (tertiary/aromatic N) is 5. The number of primary amides is 4. The number of hydrogen-bond acceptors (Lipinski definition) is 30. The number of amides is 19. The lowest BCUT2D eigenvalue weighted by Crippen LogP contribution is -2.60. The average molecular weight is 2090 g/mol. The first-order valence-electron chi connectivity index (χ1n) is 47.9. The highest BCUT2D eigenvalue weighted by molar-refractivity contribution is 7.98. The van der Waals surface area contributed by atoms with E-state index >= 15 is 0 Å². The van der Waals surface area contributed by atoms with Crippen molar-refractivity contribution in [3.8, 4) is 5.75 Å². The highest BCUT2D eigenvalue weighted by Gasteiger charge is 2.38. The molecule has 11 atom stereocenters. The van der Waals surface area contributed by atoms with Gasteiger partial charge in [0.25, 0.3) is 5.91 Å². The van der Waals surface area contributed by atoms with E-state index in [0.717, 1.165) is 0 Å². The Labute approximate surface area is 856 Å². The van der Waals surface area contributed by atoms with E-state index in [0.29, 0.717) is 39.9 Å². The van der Waals surface area contributed by atoms with Crippen LogP contribution in [0.15, 0.2) is 91.5 Å². The molecule has 53 nitrogen and oxygen atoms in total. The van der Waals surface area contributed by atoms with E-state index in [-0.39, 0.29) is 140 Å². The van der Waals surface area contributed by atoms with Gasteiger partial charge >= 0.3 is 17.9 Å². The molecule has 0 bridgehead atoms. The summed E-state index contributed by atoms with van der Waals surface area (Å²) < 4.78 is 0. The van der Waals surface area contributed by atoms with E-state index in [2.05, 4.69) is 94.7 Å². The Bertz CT molecular complexity index is 5370. The molecule has 6 rings (SSSR count). The van der Waals surface area contributed by atoms with Crippen molar-refractivity contribution in [3.63, 3.8) is 0 Å². The number of anilines is 1. The minimum absolute atomic E-state index is 0.0912. The Hall–Kier alpha value is -15.3. The fourth-order valence-electron chi connectivity index (χ4n) is 15.4. The molecule has 31 N–H and O–H groups in total. The number of phenols is 1. The van der Waals surface area contributed by atoms with Crippen molar-refractivity contribution in [2.24, 2.45) is 40.5 Å². The van der Waals surface area contributed by atoms with E-state index in [4.69, 9.17) is 28.7 Å². The molecule has 3 aromatic carbocycles. The molecule has 3 heterocycles. The Morgan fingerprint density at radius 2 is 0.899 bits per heavy atom. The van der Waals surface area contributed by atoms with Crippen molar-refractivity contribution < 1.29 is 126 Å². The first-order valence-corrected chi connectivity index (χ1v) is 49.3. The van der Waals surface area contributed by atoms with Gasteiger partial charge in [0.15, 0.2) is 0 Å². The predicted molar refractivity (Wildman–Crippen MR) is 535 cm³/mol. The second kappa shape index (κ2) is 62.5. The number of carboxylic acids is 3. The van der Waals surface area contributed by atoms with E-state index in [9.17, 15) is 126 Å². The van der Waals surface area contributed by atoms with Gasteiger partial charge in [0, 0.05) is 119 Å². The van der Waals surface area contributed by atoms with Gasteiger partial charge in [0.2, 0.25) is 106 Å². The summed E-state index contributed by atoms with van der Waals surface area (Å²) in [5.41, 5.74) is 29.8. The van der Waals surface area contributed by atoms with Gasteiger partial charge in [-0.2, -0.15) is 11.8 Å². The topological polar surface area (TPSA) is 824 Å². The molecule has 0 radical (unpaired) electrons. The zero-order chi connectivity index (χ0) is 109. The SMILES string of the molecule is CSCC[C@H](NC(=O)[C@H](CC(C)C)NC(=O)[C@H](Cc1c[nH]cn1)NC(=O)CNC(=O)[C@@H](NC(=O)[C@H](C)NC(=O)[C@H](Cc1c[nH]c2ccccc12)NC(=O)[C@H](CCC(N)=O)NC(=O)[C@H](CC(N)=O)NC(=O)CNC(=O)[C@H](Cc1ccc(O)cc1)NC(=O)[C@H](CCCCN)NC(=O)[C@H](CCC(N)=O)NC(=O)c1ccc(NC(=O)CNC(=O)CN2CCN(CC(=O)O)CCN(CC(=O)O)CCN(CC(=O)O)CC2)cc1)C(C)C)C(N)=O. The highest BCUT2D eigenvalue weighted by atomic mass is 32.2. The van der Waals surface area contributed by atoms with E-state index in [1.165, 1.54) is 85.9 Å². The largest absolute Gasteiger partial charge is 0.508 e. The molecule has 1 fully saturated rings. The van der Waals surface area contributed by atoms with Gasteiger partial charge in [-0.3, -0.25) is 125 Å². The van der Waals surface area contributed by atoms with Gasteiger partial charge in [-0.15, -0.1) is 0 Å². The number of rotatable bonds is 62. The first-order chi connectivity index (χ1) is 70.1. The molecule has 1 saturated heterocycles. The number of carboxylic acid groups (broad SMARTS) is 3. The molecule has 5 aromatic rings. The minimum atomic E-state index is -1.97. The number of thioether (sulfide) groups is 1. The number of aromatic hydroxyl groups is 1. The molecular weight excluding hydrogens is 1960 g/mol. The number of carbonyl (C=O) groups excluding carboxylic acids is 19. The molecule has 0 unspecified atom stereocenters. The second-order valence-electron chi connectivity index (χ2n) is 36.2. The standard InChI is InChI=1S/C94H137N27O26S/c1-52(2)37-67(91(144)110-63(83(99)136)26-36-148-6)114-92(145)70(40-59-43-100-51-105-59)108-77(128)46-104-94(147)82(53(3)4)117-84(137)54(5)106-90(143)69(39-57-42-101-62-12-8-7-11-61(57)62)116-89(142)66(23-25-73(97)124)113-93(146)71(41-74(98)125)109-76(127)45-103-86(139)68(38-55-14-20-60(122)21-15-55)115-87(140)64(13-9-10-27-95)112-88(141)65(22-24-72(96)123)111-85(138)56-16-18-58(19-17-56)107-75(126)44-102-78(129)47-118-28-30-119(48-79(130)131)32-34-121(50-81(134)135)35-33-120(31-29-118)49-80(132)133/h7-8,11-12,14-21,42-43,51-54,63-71,82,101,122H,9-10,13,22-41,44-50,95H2,1-6H3,(H2,96,123)(H2,97,124)(H2,98,125)(H2,99,136)(H,100,105)(H,102,129)(H,103,139)(H,104,147)(H,106,143)(H,107,126)(H,108,128)(H,109,127)(H,110,144)(H,111,138)(H,112,141)(H,113,146)(H,114,145)(H,115,140)(H,116,142)(H,117,137)(H,130,131)(H,132,133)(H,134,135)/t54-,63-,64-,65-,66-,67-,68-,69-,70-,71-,82-/m0/s1. The van der Waals surface area contributed by atoms with Crippen LogP contribution >= 0.6 is 11.8 Å². The van der Waals surface area contributed by atoms with Crippen molar-refractivity contribution >= 4 is 158 Å². The first kappa shape index (κ1) is 121. The Balaban J connectivity index is 1.12. The Morgan fingerprint density at radius 1 is 0.432 bits per heavy atom. The van der Waals surface area contributed by atoms with Crippen LogP contribution < -0.4 is 108 Å². The van der Waals surface area contributed by atoms with Crippen LogP contribution in [0.5, 0.6) is 5.75 Å². The smallest absolute Gasteiger partial charge is 0.317 e. The summed E-state index contributed by atoms with van der Waals surface area (Å²) in [6.07, 6.45) is 2.81. The maximum atomic E-state index is 14.8. The van der Waals surface area contributed by atoms with E-state index in [1.54, 1.807) is 71.6 Å². The van der Waals surface area contributed by atoms with Crippen molar-refractivity contribution in [2.45, 2.75) is 185 Å². The van der Waals surface area contributed by atoms with Gasteiger partial charge in [-0.25, -0.2) is 4.98 Å². The van der Waals surface area contributed by atoms with Crippen LogP contribution in [-0.2, 0) is 120 Å². The van der Waals surface area contributed by atoms with Crippen molar-refractivity contribution in [1.82, 2.24) is 109 Å². The summed E-state index contributed by atoms with van der Waals surface area (Å²) >= 11 is 1.43. The molecule has 148 heavy (non-hydrogen) atoms. The number of H-pyrrole nitrogens is 2. The third-order valence-electron chi connectivity index (χ3n) is 23.3. The van der Waals surface area contributed by atoms with Crippen LogP contribution in [0, 0.1) is 11.8 Å². The number of aromatic nitrogens is 3. The lowest BCUT2D eigenvalue weighted by Gasteiger charge is -2.32. The fraction of sp³-hybridized carbons (Fsp3) is 0.521. The van der Waals surface area contributed by atoms with Crippen LogP contribution in [0.3, 0.4) is 0 Å². The lowest BCUT2D eigenvalue weighted by atomic mass is 10.0. The molecule has 810 valence electrons. The molecule has 1 aliphatic rings. The summed E-state index contributed by atoms with van der Waals surface area (Å²) in [6.45, 7) is 5.38. The summed E-state index contributed by atoms with van der Waals surface area (Å²) in [6, 6.07) is 0.523. The average Bonchev–Trinajstić information content (AvgIpc) is 1.58. The molecular formula is C94H137N27O26S. The molecule has 1 aliphatic heterocycles. The number of carbonyl (C=O) groups is 22. The third-order valence-corrected chi connectivity index (χ3v) is 24.0. The number of benzene rings is 3. The number of fused-ring (bicyclic) bond motifs is 1. The molecule has 0 spiro atoms. The number of aliphatic carboxylic acids is 3. The van der Waals surface area contributed by atoms with E-state index < -0.39 is 267 Å². The predicted octanol–water partition coefficient (Wildman–Crippen LogP) is -7.47. The normalized spacial score (nSPS) is 15.0. The molecule has 54 heteroatoms. The Kier molecular flexibility index (Phi) is 51.3. The van der Waals surface area contributed by atoms with Crippen LogP contribution in [0.2, 0.25) is 0 Å². The van der Waals surface area contributed by atoms with Crippen molar-refractivity contribution in [3.05, 3.63) is 114 Å².